The minimum absolute atomic E-state index is 0.0604. The fraction of sp³-hybridized carbons (Fsp3) is 0.120. The van der Waals surface area contributed by atoms with Crippen LogP contribution in [0.15, 0.2) is 90.0 Å². The monoisotopic (exact) mass is 393 g/mol. The van der Waals surface area contributed by atoms with Gasteiger partial charge in [-0.15, -0.1) is 0 Å². The Kier molecular flexibility index (Phi) is 4.56. The second kappa shape index (κ2) is 7.52. The van der Waals surface area contributed by atoms with E-state index in [0.717, 1.165) is 46.0 Å². The maximum atomic E-state index is 5.84. The Balaban J connectivity index is 1.58. The third-order valence-corrected chi connectivity index (χ3v) is 5.50. The number of nitrogens with one attached hydrogen (secondary N) is 1. The fourth-order valence-electron chi connectivity index (χ4n) is 4.05. The molecular formula is C25H23N5. The maximum Gasteiger partial charge on any atom is 0.0797 e. The van der Waals surface area contributed by atoms with Gasteiger partial charge in [-0.3, -0.25) is 0 Å². The predicted molar refractivity (Wildman–Crippen MR) is 122 cm³/mol. The molecule has 2 heterocycles. The fourth-order valence-corrected chi connectivity index (χ4v) is 4.05. The minimum Gasteiger partial charge on any atom is -0.399 e. The number of anilines is 1. The van der Waals surface area contributed by atoms with Gasteiger partial charge in [-0.25, -0.2) is 4.68 Å². The van der Waals surface area contributed by atoms with Gasteiger partial charge in [0.1, 0.15) is 0 Å². The zero-order valence-electron chi connectivity index (χ0n) is 16.8. The highest BCUT2D eigenvalue weighted by Gasteiger charge is 2.29. The van der Waals surface area contributed by atoms with Gasteiger partial charge in [0, 0.05) is 23.2 Å². The summed E-state index contributed by atoms with van der Waals surface area (Å²) in [6, 6.07) is 28.6. The molecule has 0 amide bonds. The summed E-state index contributed by atoms with van der Waals surface area (Å²) in [5.74, 6) is 0. The molecule has 1 aliphatic rings. The normalized spacial score (nSPS) is 15.6. The van der Waals surface area contributed by atoms with Crippen LogP contribution in [0.1, 0.15) is 29.3 Å². The summed E-state index contributed by atoms with van der Waals surface area (Å²) < 4.78 is 2.04. The van der Waals surface area contributed by atoms with Crippen LogP contribution in [0, 0.1) is 6.92 Å². The standard InChI is InChI=1S/C25H23N5/c1-17-24(23-16-22(27-28-23)18-12-14-20(26)15-13-18)25(19-8-4-2-5-9-19)30(29-17)21-10-6-3-7-11-21/h2-15,23,28H,16,26H2,1H3. The Bertz CT molecular complexity index is 1190. The van der Waals surface area contributed by atoms with Crippen LogP contribution in [0.25, 0.3) is 16.9 Å². The van der Waals surface area contributed by atoms with Crippen LogP contribution in [-0.4, -0.2) is 15.5 Å². The molecule has 1 aromatic heterocycles. The second-order valence-electron chi connectivity index (χ2n) is 7.53. The first-order chi connectivity index (χ1) is 14.7. The van der Waals surface area contributed by atoms with Gasteiger partial charge >= 0.3 is 0 Å². The summed E-state index contributed by atoms with van der Waals surface area (Å²) >= 11 is 0. The summed E-state index contributed by atoms with van der Waals surface area (Å²) in [5, 5.41) is 9.56. The number of hydrazone groups is 1. The van der Waals surface area contributed by atoms with Crippen molar-refractivity contribution < 1.29 is 0 Å². The van der Waals surface area contributed by atoms with Crippen molar-refractivity contribution >= 4 is 11.4 Å². The molecule has 0 saturated carbocycles. The molecule has 0 saturated heterocycles. The number of nitrogen functional groups attached to an aromatic ring is 1. The van der Waals surface area contributed by atoms with Crippen molar-refractivity contribution in [1.82, 2.24) is 15.2 Å². The molecule has 1 aliphatic heterocycles. The second-order valence-corrected chi connectivity index (χ2v) is 7.53. The van der Waals surface area contributed by atoms with Crippen LogP contribution in [-0.2, 0) is 0 Å². The largest absolute Gasteiger partial charge is 0.399 e. The Hall–Kier alpha value is -3.86. The number of aromatic nitrogens is 2. The lowest BCUT2D eigenvalue weighted by molar-refractivity contribution is 0.618. The van der Waals surface area contributed by atoms with Crippen LogP contribution < -0.4 is 11.2 Å². The predicted octanol–water partition coefficient (Wildman–Crippen LogP) is 4.87. The molecule has 4 aromatic rings. The van der Waals surface area contributed by atoms with Crippen molar-refractivity contribution in [3.63, 3.8) is 0 Å². The average molecular weight is 393 g/mol. The van der Waals surface area contributed by atoms with Crippen molar-refractivity contribution in [3.8, 4) is 16.9 Å². The Morgan fingerprint density at radius 3 is 2.23 bits per heavy atom. The molecule has 0 radical (unpaired) electrons. The first-order valence-corrected chi connectivity index (χ1v) is 10.1. The SMILES string of the molecule is Cc1nn(-c2ccccc2)c(-c2ccccc2)c1C1CC(c2ccc(N)cc2)=NN1. The smallest absolute Gasteiger partial charge is 0.0797 e. The van der Waals surface area contributed by atoms with Crippen LogP contribution in [0.4, 0.5) is 5.69 Å². The minimum atomic E-state index is 0.0604. The van der Waals surface area contributed by atoms with Gasteiger partial charge in [-0.2, -0.15) is 10.2 Å². The number of aryl methyl sites for hydroxylation is 1. The molecule has 5 nitrogen and oxygen atoms in total. The van der Waals surface area contributed by atoms with Crippen LogP contribution >= 0.6 is 0 Å². The van der Waals surface area contributed by atoms with E-state index in [1.807, 2.05) is 53.2 Å². The molecule has 5 heteroatoms. The highest BCUT2D eigenvalue weighted by atomic mass is 15.3. The molecule has 3 N–H and O–H groups in total. The van der Waals surface area contributed by atoms with Crippen molar-refractivity contribution in [2.45, 2.75) is 19.4 Å². The number of para-hydroxylation sites is 1. The van der Waals surface area contributed by atoms with Gasteiger partial charge in [0.15, 0.2) is 0 Å². The molecule has 148 valence electrons. The molecule has 0 aliphatic carbocycles. The zero-order chi connectivity index (χ0) is 20.5. The Morgan fingerprint density at radius 2 is 1.53 bits per heavy atom. The van der Waals surface area contributed by atoms with Gasteiger partial charge in [-0.1, -0.05) is 60.7 Å². The Labute approximate surface area is 175 Å². The van der Waals surface area contributed by atoms with Gasteiger partial charge in [0.05, 0.1) is 28.8 Å². The van der Waals surface area contributed by atoms with Gasteiger partial charge in [0.25, 0.3) is 0 Å². The quantitative estimate of drug-likeness (QED) is 0.486. The van der Waals surface area contributed by atoms with E-state index in [9.17, 15) is 0 Å². The van der Waals surface area contributed by atoms with E-state index < -0.39 is 0 Å². The third kappa shape index (κ3) is 3.24. The molecule has 1 unspecified atom stereocenters. The van der Waals surface area contributed by atoms with Crippen molar-refractivity contribution in [2.24, 2.45) is 5.10 Å². The summed E-state index contributed by atoms with van der Waals surface area (Å²) in [6.45, 7) is 2.07. The lowest BCUT2D eigenvalue weighted by atomic mass is 9.95. The van der Waals surface area contributed by atoms with E-state index in [-0.39, 0.29) is 6.04 Å². The molecule has 3 aromatic carbocycles. The summed E-state index contributed by atoms with van der Waals surface area (Å²) in [4.78, 5) is 0. The topological polar surface area (TPSA) is 68.2 Å². The molecular weight excluding hydrogens is 370 g/mol. The molecule has 0 spiro atoms. The van der Waals surface area contributed by atoms with E-state index in [1.165, 1.54) is 5.56 Å². The van der Waals surface area contributed by atoms with Crippen LogP contribution in [0.3, 0.4) is 0 Å². The molecule has 30 heavy (non-hydrogen) atoms. The summed E-state index contributed by atoms with van der Waals surface area (Å²) in [6.07, 6.45) is 0.797. The van der Waals surface area contributed by atoms with E-state index in [2.05, 4.69) is 53.8 Å². The number of benzene rings is 3. The lowest BCUT2D eigenvalue weighted by Gasteiger charge is -2.15. The summed E-state index contributed by atoms with van der Waals surface area (Å²) in [7, 11) is 0. The molecule has 5 rings (SSSR count). The zero-order valence-corrected chi connectivity index (χ0v) is 16.8. The first kappa shape index (κ1) is 18.2. The molecule has 0 bridgehead atoms. The van der Waals surface area contributed by atoms with Crippen LogP contribution in [0.5, 0.6) is 0 Å². The average Bonchev–Trinajstić information content (AvgIpc) is 3.40. The third-order valence-electron chi connectivity index (χ3n) is 5.50. The highest BCUT2D eigenvalue weighted by Crippen LogP contribution is 2.36. The van der Waals surface area contributed by atoms with Crippen LogP contribution in [0.2, 0.25) is 0 Å². The molecule has 1 atom stereocenters. The van der Waals surface area contributed by atoms with E-state index in [1.54, 1.807) is 0 Å². The van der Waals surface area contributed by atoms with E-state index in [4.69, 9.17) is 10.8 Å². The number of rotatable bonds is 4. The Morgan fingerprint density at radius 1 is 0.867 bits per heavy atom. The van der Waals surface area contributed by atoms with Gasteiger partial charge in [0.2, 0.25) is 0 Å². The number of nitrogens with zero attached hydrogens (tertiary/aromatic N) is 3. The number of hydrogen-bond acceptors (Lipinski definition) is 4. The lowest BCUT2D eigenvalue weighted by Crippen LogP contribution is -2.12. The van der Waals surface area contributed by atoms with Gasteiger partial charge in [-0.05, 0) is 36.8 Å². The molecule has 0 fully saturated rings. The number of nitrogens with two attached hydrogens (primary N) is 1. The number of hydrogen-bond donors (Lipinski definition) is 2. The van der Waals surface area contributed by atoms with Gasteiger partial charge < -0.3 is 11.2 Å². The maximum absolute atomic E-state index is 5.84. The van der Waals surface area contributed by atoms with Crippen molar-refractivity contribution in [3.05, 3.63) is 102 Å². The van der Waals surface area contributed by atoms with E-state index >= 15 is 0 Å². The summed E-state index contributed by atoms with van der Waals surface area (Å²) in [5.41, 5.74) is 17.5. The van der Waals surface area contributed by atoms with E-state index in [0.29, 0.717) is 0 Å². The van der Waals surface area contributed by atoms with Crippen molar-refractivity contribution in [2.75, 3.05) is 5.73 Å². The first-order valence-electron chi connectivity index (χ1n) is 10.1. The highest BCUT2D eigenvalue weighted by molar-refractivity contribution is 6.02. The van der Waals surface area contributed by atoms with Crippen molar-refractivity contribution in [1.29, 1.82) is 0 Å².